The molecular formula is C17H24FNO3. The van der Waals surface area contributed by atoms with Crippen molar-refractivity contribution >= 4 is 5.97 Å². The maximum atomic E-state index is 14.2. The average molecular weight is 309 g/mol. The number of esters is 1. The van der Waals surface area contributed by atoms with Gasteiger partial charge in [0.2, 0.25) is 0 Å². The van der Waals surface area contributed by atoms with Crippen LogP contribution < -0.4 is 5.56 Å². The summed E-state index contributed by atoms with van der Waals surface area (Å²) in [4.78, 5) is 24.4. The molecule has 0 radical (unpaired) electrons. The topological polar surface area (TPSA) is 48.3 Å². The molecule has 0 aliphatic heterocycles. The molecule has 22 heavy (non-hydrogen) atoms. The third-order valence-corrected chi connectivity index (χ3v) is 3.48. The maximum absolute atomic E-state index is 14.2. The molecule has 1 unspecified atom stereocenters. The molecule has 1 rings (SSSR count). The van der Waals surface area contributed by atoms with Crippen LogP contribution >= 0.6 is 0 Å². The van der Waals surface area contributed by atoms with Gasteiger partial charge >= 0.3 is 5.97 Å². The van der Waals surface area contributed by atoms with Gasteiger partial charge in [0.15, 0.2) is 5.82 Å². The second kappa shape index (κ2) is 7.92. The van der Waals surface area contributed by atoms with Crippen molar-refractivity contribution < 1.29 is 13.9 Å². The van der Waals surface area contributed by atoms with Gasteiger partial charge in [-0.3, -0.25) is 9.36 Å². The fourth-order valence-electron chi connectivity index (χ4n) is 2.34. The first-order chi connectivity index (χ1) is 10.3. The van der Waals surface area contributed by atoms with Crippen LogP contribution in [-0.2, 0) is 16.0 Å². The lowest BCUT2D eigenvalue weighted by Crippen LogP contribution is -2.34. The molecule has 0 bridgehead atoms. The monoisotopic (exact) mass is 309 g/mol. The normalized spacial score (nSPS) is 12.3. The van der Waals surface area contributed by atoms with Crippen LogP contribution in [0.1, 0.15) is 44.4 Å². The molecule has 5 heteroatoms. The first-order valence-corrected chi connectivity index (χ1v) is 7.51. The highest BCUT2D eigenvalue weighted by Gasteiger charge is 2.26. The highest BCUT2D eigenvalue weighted by molar-refractivity contribution is 5.74. The summed E-state index contributed by atoms with van der Waals surface area (Å²) < 4.78 is 20.4. The first-order valence-electron chi connectivity index (χ1n) is 7.51. The van der Waals surface area contributed by atoms with E-state index in [-0.39, 0.29) is 12.5 Å². The minimum Gasteiger partial charge on any atom is -0.464 e. The van der Waals surface area contributed by atoms with E-state index < -0.39 is 23.4 Å². The van der Waals surface area contributed by atoms with Gasteiger partial charge in [-0.1, -0.05) is 19.9 Å². The molecule has 0 fully saturated rings. The van der Waals surface area contributed by atoms with E-state index in [0.717, 1.165) is 0 Å². The van der Waals surface area contributed by atoms with Gasteiger partial charge in [-0.15, -0.1) is 6.58 Å². The Hall–Kier alpha value is -1.91. The Morgan fingerprint density at radius 2 is 2.14 bits per heavy atom. The molecule has 0 spiro atoms. The molecule has 1 heterocycles. The van der Waals surface area contributed by atoms with Gasteiger partial charge in [0.05, 0.1) is 6.61 Å². The first kappa shape index (κ1) is 18.1. The van der Waals surface area contributed by atoms with Crippen LogP contribution in [0.15, 0.2) is 23.6 Å². The third kappa shape index (κ3) is 4.06. The van der Waals surface area contributed by atoms with Crippen molar-refractivity contribution in [3.8, 4) is 0 Å². The molecule has 0 saturated carbocycles. The Morgan fingerprint density at radius 1 is 1.50 bits per heavy atom. The molecule has 122 valence electrons. The van der Waals surface area contributed by atoms with Crippen molar-refractivity contribution in [3.63, 3.8) is 0 Å². The smallest absolute Gasteiger partial charge is 0.329 e. The molecule has 0 aliphatic rings. The number of aromatic nitrogens is 1. The second-order valence-corrected chi connectivity index (χ2v) is 5.70. The summed E-state index contributed by atoms with van der Waals surface area (Å²) >= 11 is 0. The largest absolute Gasteiger partial charge is 0.464 e. The van der Waals surface area contributed by atoms with Crippen molar-refractivity contribution in [1.29, 1.82) is 0 Å². The third-order valence-electron chi connectivity index (χ3n) is 3.48. The Kier molecular flexibility index (Phi) is 6.53. The molecule has 1 aromatic rings. The van der Waals surface area contributed by atoms with Crippen LogP contribution in [0.3, 0.4) is 0 Å². The summed E-state index contributed by atoms with van der Waals surface area (Å²) in [5.74, 6) is -1.17. The fraction of sp³-hybridized carbons (Fsp3) is 0.529. The van der Waals surface area contributed by atoms with E-state index in [0.29, 0.717) is 24.0 Å². The van der Waals surface area contributed by atoms with E-state index >= 15 is 0 Å². The van der Waals surface area contributed by atoms with Crippen LogP contribution in [0.5, 0.6) is 0 Å². The number of halogens is 1. The Balaban J connectivity index is 3.43. The second-order valence-electron chi connectivity index (χ2n) is 5.70. The van der Waals surface area contributed by atoms with Gasteiger partial charge in [-0.25, -0.2) is 9.18 Å². The summed E-state index contributed by atoms with van der Waals surface area (Å²) in [7, 11) is 0. The van der Waals surface area contributed by atoms with Crippen LogP contribution in [0, 0.1) is 18.7 Å². The number of allylic oxidation sites excluding steroid dienone is 1. The Morgan fingerprint density at radius 3 is 2.64 bits per heavy atom. The zero-order valence-electron chi connectivity index (χ0n) is 13.7. The SMILES string of the molecule is C=CCc1cn(C(CC(C)C)C(=O)OCC)c(=O)c(F)c1C. The number of pyridine rings is 1. The van der Waals surface area contributed by atoms with E-state index in [4.69, 9.17) is 4.74 Å². The lowest BCUT2D eigenvalue weighted by atomic mass is 10.0. The van der Waals surface area contributed by atoms with Crippen molar-refractivity contribution in [2.45, 2.75) is 46.6 Å². The van der Waals surface area contributed by atoms with Gasteiger partial charge in [0.25, 0.3) is 5.56 Å². The minimum atomic E-state index is -0.822. The summed E-state index contributed by atoms with van der Waals surface area (Å²) in [5.41, 5.74) is 0.155. The van der Waals surface area contributed by atoms with Crippen molar-refractivity contribution in [2.75, 3.05) is 6.61 Å². The van der Waals surface area contributed by atoms with Crippen LogP contribution in [0.2, 0.25) is 0 Å². The van der Waals surface area contributed by atoms with Gasteiger partial charge in [-0.2, -0.15) is 0 Å². The molecular weight excluding hydrogens is 285 g/mol. The molecule has 0 aromatic carbocycles. The number of carbonyl (C=O) groups is 1. The summed E-state index contributed by atoms with van der Waals surface area (Å²) in [6.07, 6.45) is 4.03. The minimum absolute atomic E-state index is 0.161. The summed E-state index contributed by atoms with van der Waals surface area (Å²) in [6.45, 7) is 11.0. The zero-order chi connectivity index (χ0) is 16.9. The summed E-state index contributed by atoms with van der Waals surface area (Å²) in [5, 5.41) is 0. The van der Waals surface area contributed by atoms with Crippen molar-refractivity contribution in [3.05, 3.63) is 46.1 Å². The van der Waals surface area contributed by atoms with Crippen LogP contribution in [-0.4, -0.2) is 17.1 Å². The van der Waals surface area contributed by atoms with Gasteiger partial charge in [-0.05, 0) is 43.7 Å². The van der Waals surface area contributed by atoms with Crippen molar-refractivity contribution in [1.82, 2.24) is 4.57 Å². The predicted octanol–water partition coefficient (Wildman–Crippen LogP) is 3.17. The van der Waals surface area contributed by atoms with Crippen molar-refractivity contribution in [2.24, 2.45) is 5.92 Å². The molecule has 4 nitrogen and oxygen atoms in total. The van der Waals surface area contributed by atoms with E-state index in [1.807, 2.05) is 13.8 Å². The van der Waals surface area contributed by atoms with E-state index in [1.165, 1.54) is 4.57 Å². The van der Waals surface area contributed by atoms with Gasteiger partial charge < -0.3 is 4.74 Å². The van der Waals surface area contributed by atoms with Gasteiger partial charge in [0, 0.05) is 6.20 Å². The Bertz CT molecular complexity index is 605. The molecule has 0 N–H and O–H groups in total. The number of hydrogen-bond acceptors (Lipinski definition) is 3. The molecule has 1 atom stereocenters. The molecule has 1 aromatic heterocycles. The lowest BCUT2D eigenvalue weighted by Gasteiger charge is -2.21. The summed E-state index contributed by atoms with van der Waals surface area (Å²) in [6, 6.07) is -0.814. The lowest BCUT2D eigenvalue weighted by molar-refractivity contribution is -0.147. The number of hydrogen-bond donors (Lipinski definition) is 0. The standard InChI is InChI=1S/C17H24FNO3/c1-6-8-13-10-19(16(20)15(18)12(13)5)14(9-11(3)4)17(21)22-7-2/h6,10-11,14H,1,7-9H2,2-5H3. The van der Waals surface area contributed by atoms with Crippen LogP contribution in [0.25, 0.3) is 0 Å². The predicted molar refractivity (Wildman–Crippen MR) is 84.4 cm³/mol. The molecule has 0 saturated heterocycles. The fourth-order valence-corrected chi connectivity index (χ4v) is 2.34. The Labute approximate surface area is 130 Å². The molecule has 0 amide bonds. The quantitative estimate of drug-likeness (QED) is 0.574. The average Bonchev–Trinajstić information content (AvgIpc) is 2.46. The number of ether oxygens (including phenoxy) is 1. The number of carbonyl (C=O) groups excluding carboxylic acids is 1. The van der Waals surface area contributed by atoms with Gasteiger partial charge in [0.1, 0.15) is 6.04 Å². The van der Waals surface area contributed by atoms with E-state index in [2.05, 4.69) is 6.58 Å². The molecule has 0 aliphatic carbocycles. The van der Waals surface area contributed by atoms with Crippen LogP contribution in [0.4, 0.5) is 4.39 Å². The highest BCUT2D eigenvalue weighted by atomic mass is 19.1. The van der Waals surface area contributed by atoms with E-state index in [9.17, 15) is 14.0 Å². The maximum Gasteiger partial charge on any atom is 0.329 e. The number of nitrogens with zero attached hydrogens (tertiary/aromatic N) is 1. The zero-order valence-corrected chi connectivity index (χ0v) is 13.7. The van der Waals surface area contributed by atoms with E-state index in [1.54, 1.807) is 26.1 Å². The number of rotatable bonds is 7. The highest BCUT2D eigenvalue weighted by Crippen LogP contribution is 2.20.